The van der Waals surface area contributed by atoms with E-state index in [1.165, 1.54) is 17.0 Å². The van der Waals surface area contributed by atoms with Crippen LogP contribution in [0, 0.1) is 6.92 Å². The van der Waals surface area contributed by atoms with Gasteiger partial charge in [-0.2, -0.15) is 0 Å². The van der Waals surface area contributed by atoms with Gasteiger partial charge in [0.15, 0.2) is 0 Å². The van der Waals surface area contributed by atoms with E-state index in [9.17, 15) is 18.0 Å². The fourth-order valence-corrected chi connectivity index (χ4v) is 5.92. The third-order valence-corrected chi connectivity index (χ3v) is 8.20. The number of sulfonamides is 1. The lowest BCUT2D eigenvalue weighted by Gasteiger charge is -2.33. The number of rotatable bonds is 12. The molecule has 1 unspecified atom stereocenters. The summed E-state index contributed by atoms with van der Waals surface area (Å²) in [5.74, 6) is -0.246. The quantitative estimate of drug-likeness (QED) is 0.430. The van der Waals surface area contributed by atoms with Crippen molar-refractivity contribution in [3.05, 3.63) is 65.7 Å². The van der Waals surface area contributed by atoms with Crippen molar-refractivity contribution in [2.75, 3.05) is 17.1 Å². The minimum absolute atomic E-state index is 0.100. The average Bonchev–Trinajstić information content (AvgIpc) is 2.88. The molecule has 0 saturated heterocycles. The third kappa shape index (κ3) is 8.59. The molecule has 202 valence electrons. The molecule has 2 aromatic rings. The molecule has 0 bridgehead atoms. The van der Waals surface area contributed by atoms with Gasteiger partial charge in [-0.25, -0.2) is 8.42 Å². The molecule has 0 aliphatic heterocycles. The third-order valence-electron chi connectivity index (χ3n) is 7.01. The average molecular weight is 528 g/mol. The minimum atomic E-state index is -3.50. The van der Waals surface area contributed by atoms with Gasteiger partial charge >= 0.3 is 0 Å². The first-order chi connectivity index (χ1) is 17.7. The summed E-state index contributed by atoms with van der Waals surface area (Å²) >= 11 is 0. The predicted molar refractivity (Wildman–Crippen MR) is 149 cm³/mol. The molecule has 0 spiro atoms. The highest BCUT2D eigenvalue weighted by Gasteiger charge is 2.30. The van der Waals surface area contributed by atoms with Gasteiger partial charge in [-0.1, -0.05) is 74.2 Å². The first kappa shape index (κ1) is 28.7. The van der Waals surface area contributed by atoms with Crippen molar-refractivity contribution in [1.29, 1.82) is 0 Å². The van der Waals surface area contributed by atoms with E-state index in [2.05, 4.69) is 5.32 Å². The fourth-order valence-electron chi connectivity index (χ4n) is 4.95. The molecule has 1 aliphatic rings. The summed E-state index contributed by atoms with van der Waals surface area (Å²) in [5.41, 5.74) is 2.67. The van der Waals surface area contributed by atoms with E-state index in [1.54, 1.807) is 29.2 Å². The number of hydrogen-bond donors (Lipinski definition) is 1. The number of carbonyl (C=O) groups is 2. The summed E-state index contributed by atoms with van der Waals surface area (Å²) in [6.45, 7) is 4.48. The largest absolute Gasteiger partial charge is 0.352 e. The van der Waals surface area contributed by atoms with Crippen LogP contribution < -0.4 is 9.62 Å². The Balaban J connectivity index is 1.74. The molecular weight excluding hydrogens is 486 g/mol. The number of benzene rings is 2. The molecule has 37 heavy (non-hydrogen) atoms. The SMILES string of the molecule is CCC(C(=O)NC1CCCCC1)N(Cc1ccc(C)cc1)C(=O)CCCN(c1ccccc1)S(C)(=O)=O. The number of aryl methyl sites for hydroxylation is 1. The lowest BCUT2D eigenvalue weighted by atomic mass is 9.95. The summed E-state index contributed by atoms with van der Waals surface area (Å²) in [5, 5.41) is 3.20. The Morgan fingerprint density at radius 2 is 1.65 bits per heavy atom. The maximum absolute atomic E-state index is 13.6. The van der Waals surface area contributed by atoms with Crippen LogP contribution in [0.15, 0.2) is 54.6 Å². The highest BCUT2D eigenvalue weighted by molar-refractivity contribution is 7.92. The van der Waals surface area contributed by atoms with Crippen LogP contribution in [0.1, 0.15) is 69.4 Å². The van der Waals surface area contributed by atoms with Crippen molar-refractivity contribution in [2.24, 2.45) is 0 Å². The van der Waals surface area contributed by atoms with Gasteiger partial charge in [0.1, 0.15) is 6.04 Å². The number of carbonyl (C=O) groups excluding carboxylic acids is 2. The second-order valence-electron chi connectivity index (χ2n) is 10.0. The van der Waals surface area contributed by atoms with E-state index in [-0.39, 0.29) is 30.8 Å². The molecule has 1 N–H and O–H groups in total. The number of nitrogens with one attached hydrogen (secondary N) is 1. The van der Waals surface area contributed by atoms with E-state index < -0.39 is 16.1 Å². The van der Waals surface area contributed by atoms with E-state index in [0.717, 1.165) is 36.8 Å². The van der Waals surface area contributed by atoms with Crippen LogP contribution >= 0.6 is 0 Å². The van der Waals surface area contributed by atoms with Crippen molar-refractivity contribution < 1.29 is 18.0 Å². The van der Waals surface area contributed by atoms with Gasteiger partial charge in [-0.05, 0) is 50.3 Å². The van der Waals surface area contributed by atoms with Crippen LogP contribution in [0.5, 0.6) is 0 Å². The summed E-state index contributed by atoms with van der Waals surface area (Å²) in [6.07, 6.45) is 7.59. The van der Waals surface area contributed by atoms with Crippen LogP contribution in [0.3, 0.4) is 0 Å². The molecule has 8 heteroatoms. The standard InChI is InChI=1S/C29H41N3O4S/c1-4-27(29(34)30-25-12-7-5-8-13-25)31(22-24-19-17-23(2)18-20-24)28(33)16-11-21-32(37(3,35)36)26-14-9-6-10-15-26/h6,9-10,14-15,17-20,25,27H,4-5,7-8,11-13,16,21-22H2,1-3H3,(H,30,34). The predicted octanol–water partition coefficient (Wildman–Crippen LogP) is 4.80. The minimum Gasteiger partial charge on any atom is -0.352 e. The number of anilines is 1. The molecule has 7 nitrogen and oxygen atoms in total. The van der Waals surface area contributed by atoms with Gasteiger partial charge in [0.05, 0.1) is 11.9 Å². The van der Waals surface area contributed by atoms with Crippen molar-refractivity contribution in [1.82, 2.24) is 10.2 Å². The molecule has 0 heterocycles. The molecule has 1 atom stereocenters. The van der Waals surface area contributed by atoms with Crippen LogP contribution in [-0.4, -0.2) is 50.0 Å². The maximum atomic E-state index is 13.6. The lowest BCUT2D eigenvalue weighted by molar-refractivity contribution is -0.141. The highest BCUT2D eigenvalue weighted by atomic mass is 32.2. The van der Waals surface area contributed by atoms with E-state index >= 15 is 0 Å². The topological polar surface area (TPSA) is 86.8 Å². The Morgan fingerprint density at radius 3 is 2.24 bits per heavy atom. The highest BCUT2D eigenvalue weighted by Crippen LogP contribution is 2.21. The second-order valence-corrected chi connectivity index (χ2v) is 12.0. The monoisotopic (exact) mass is 527 g/mol. The first-order valence-electron chi connectivity index (χ1n) is 13.4. The van der Waals surface area contributed by atoms with Crippen molar-refractivity contribution in [3.8, 4) is 0 Å². The summed E-state index contributed by atoms with van der Waals surface area (Å²) in [7, 11) is -3.50. The van der Waals surface area contributed by atoms with Gasteiger partial charge < -0.3 is 10.2 Å². The van der Waals surface area contributed by atoms with Gasteiger partial charge in [-0.3, -0.25) is 13.9 Å². The first-order valence-corrected chi connectivity index (χ1v) is 15.2. The Labute approximate surface area is 222 Å². The summed E-state index contributed by atoms with van der Waals surface area (Å²) < 4.78 is 26.2. The smallest absolute Gasteiger partial charge is 0.243 e. The molecule has 0 radical (unpaired) electrons. The van der Waals surface area contributed by atoms with Crippen LogP contribution in [0.25, 0.3) is 0 Å². The normalized spacial score (nSPS) is 15.1. The molecule has 1 saturated carbocycles. The van der Waals surface area contributed by atoms with Gasteiger partial charge in [0.25, 0.3) is 0 Å². The lowest BCUT2D eigenvalue weighted by Crippen LogP contribution is -2.51. The zero-order valence-corrected chi connectivity index (χ0v) is 23.2. The molecule has 1 fully saturated rings. The molecule has 3 rings (SSSR count). The van der Waals surface area contributed by atoms with Gasteiger partial charge in [0.2, 0.25) is 21.8 Å². The van der Waals surface area contributed by atoms with Crippen LogP contribution in [0.4, 0.5) is 5.69 Å². The van der Waals surface area contributed by atoms with E-state index in [4.69, 9.17) is 0 Å². The second kappa shape index (κ2) is 13.6. The molecule has 2 amide bonds. The molecule has 2 aromatic carbocycles. The maximum Gasteiger partial charge on any atom is 0.243 e. The zero-order valence-electron chi connectivity index (χ0n) is 22.4. The van der Waals surface area contributed by atoms with Crippen molar-refractivity contribution in [2.45, 2.75) is 83.8 Å². The van der Waals surface area contributed by atoms with E-state index in [0.29, 0.717) is 25.1 Å². The van der Waals surface area contributed by atoms with Crippen molar-refractivity contribution in [3.63, 3.8) is 0 Å². The van der Waals surface area contributed by atoms with Gasteiger partial charge in [-0.15, -0.1) is 0 Å². The number of amides is 2. The van der Waals surface area contributed by atoms with Crippen LogP contribution in [-0.2, 0) is 26.2 Å². The Kier molecular flexibility index (Phi) is 10.6. The fraction of sp³-hybridized carbons (Fsp3) is 0.517. The Hall–Kier alpha value is -2.87. The number of para-hydroxylation sites is 1. The summed E-state index contributed by atoms with van der Waals surface area (Å²) in [6, 6.07) is 16.5. The van der Waals surface area contributed by atoms with Crippen LogP contribution in [0.2, 0.25) is 0 Å². The molecule has 1 aliphatic carbocycles. The molecule has 0 aromatic heterocycles. The Bertz CT molecular complexity index is 1110. The zero-order chi connectivity index (χ0) is 26.8. The summed E-state index contributed by atoms with van der Waals surface area (Å²) in [4.78, 5) is 28.6. The number of nitrogens with zero attached hydrogens (tertiary/aromatic N) is 2. The number of hydrogen-bond acceptors (Lipinski definition) is 4. The van der Waals surface area contributed by atoms with E-state index in [1.807, 2.05) is 44.2 Å². The molecular formula is C29H41N3O4S. The van der Waals surface area contributed by atoms with Crippen molar-refractivity contribution >= 4 is 27.5 Å². The Morgan fingerprint density at radius 1 is 1.00 bits per heavy atom. The van der Waals surface area contributed by atoms with Gasteiger partial charge in [0, 0.05) is 25.6 Å².